The Balaban J connectivity index is 2.41. The summed E-state index contributed by atoms with van der Waals surface area (Å²) in [5, 5.41) is 10.4. The molecule has 2 aromatic rings. The second-order valence-corrected chi connectivity index (χ2v) is 5.37. The maximum Gasteiger partial charge on any atom is 0.344 e. The van der Waals surface area contributed by atoms with Crippen molar-refractivity contribution >= 4 is 16.7 Å². The van der Waals surface area contributed by atoms with Gasteiger partial charge in [-0.3, -0.25) is 4.79 Å². The number of unbranched alkanes of at least 4 members (excludes halogenated alkanes) is 1. The van der Waals surface area contributed by atoms with Gasteiger partial charge in [0.15, 0.2) is 6.10 Å². The summed E-state index contributed by atoms with van der Waals surface area (Å²) in [5.74, 6) is -0.565. The van der Waals surface area contributed by atoms with Gasteiger partial charge in [0.05, 0.1) is 5.39 Å². The first-order valence-corrected chi connectivity index (χ1v) is 7.71. The van der Waals surface area contributed by atoms with Gasteiger partial charge in [0.2, 0.25) is 0 Å². The highest BCUT2D eigenvalue weighted by Crippen LogP contribution is 2.25. The van der Waals surface area contributed by atoms with Crippen LogP contribution < -0.4 is 10.3 Å². The summed E-state index contributed by atoms with van der Waals surface area (Å²) in [6.45, 7) is 6.06. The number of carbonyl (C=O) groups is 1. The Morgan fingerprint density at radius 2 is 2.17 bits per heavy atom. The molecule has 0 saturated heterocycles. The molecule has 0 saturated carbocycles. The van der Waals surface area contributed by atoms with E-state index < -0.39 is 12.1 Å². The molecule has 1 atom stereocenters. The topological polar surface area (TPSA) is 68.5 Å². The van der Waals surface area contributed by atoms with Gasteiger partial charge in [-0.1, -0.05) is 25.5 Å². The Hall–Kier alpha value is -2.56. The number of ether oxygens (including phenoxy) is 1. The zero-order chi connectivity index (χ0) is 16.8. The molecule has 1 unspecified atom stereocenters. The van der Waals surface area contributed by atoms with Crippen LogP contribution in [0.4, 0.5) is 0 Å². The van der Waals surface area contributed by atoms with Gasteiger partial charge < -0.3 is 14.4 Å². The zero-order valence-corrected chi connectivity index (χ0v) is 13.2. The molecule has 0 fully saturated rings. The predicted octanol–water partition coefficient (Wildman–Crippen LogP) is 3.21. The fraction of sp³-hybridized carbons (Fsp3) is 0.333. The van der Waals surface area contributed by atoms with Gasteiger partial charge in [-0.25, -0.2) is 4.79 Å². The highest BCUT2D eigenvalue weighted by atomic mass is 16.5. The zero-order valence-electron chi connectivity index (χ0n) is 13.2. The molecule has 1 aromatic heterocycles. The molecule has 23 heavy (non-hydrogen) atoms. The Kier molecular flexibility index (Phi) is 5.57. The van der Waals surface area contributed by atoms with Crippen LogP contribution in [-0.4, -0.2) is 21.7 Å². The first kappa shape index (κ1) is 16.8. The minimum absolute atomic E-state index is 0.145. The molecule has 1 N–H and O–H groups in total. The molecular formula is C18H21NO4. The minimum atomic E-state index is -0.990. The maximum absolute atomic E-state index is 12.4. The molecule has 5 nitrogen and oxygen atoms in total. The van der Waals surface area contributed by atoms with Crippen LogP contribution in [0.15, 0.2) is 47.9 Å². The van der Waals surface area contributed by atoms with Crippen LogP contribution in [0, 0.1) is 0 Å². The van der Waals surface area contributed by atoms with E-state index in [9.17, 15) is 14.7 Å². The summed E-state index contributed by atoms with van der Waals surface area (Å²) in [6.07, 6.45) is 4.52. The van der Waals surface area contributed by atoms with Gasteiger partial charge in [-0.2, -0.15) is 0 Å². The lowest BCUT2D eigenvalue weighted by Gasteiger charge is -2.16. The number of allylic oxidation sites excluding steroid dienone is 1. The van der Waals surface area contributed by atoms with Crippen LogP contribution in [0.1, 0.15) is 26.2 Å². The Labute approximate surface area is 134 Å². The molecule has 5 heteroatoms. The monoisotopic (exact) mass is 315 g/mol. The number of rotatable bonds is 8. The van der Waals surface area contributed by atoms with Crippen LogP contribution in [0.5, 0.6) is 5.75 Å². The molecule has 0 spiro atoms. The molecule has 2 rings (SSSR count). The number of nitrogens with zero attached hydrogens (tertiary/aromatic N) is 1. The number of benzene rings is 1. The third kappa shape index (κ3) is 3.80. The smallest absolute Gasteiger partial charge is 0.344 e. The molecule has 0 radical (unpaired) electrons. The van der Waals surface area contributed by atoms with Crippen molar-refractivity contribution in [1.82, 2.24) is 4.57 Å². The Bertz CT molecular complexity index is 763. The number of aromatic nitrogens is 1. The average Bonchev–Trinajstić information content (AvgIpc) is 2.54. The highest BCUT2D eigenvalue weighted by molar-refractivity contribution is 5.88. The summed E-state index contributed by atoms with van der Waals surface area (Å²) in [6, 6.07) is 6.89. The van der Waals surface area contributed by atoms with Crippen molar-refractivity contribution < 1.29 is 14.6 Å². The standard InChI is InChI=1S/C18H21NO4/c1-3-5-8-16(18(21)22)23-15-9-6-7-14-13(15)10-12-19(11-4-2)17(14)20/h4,6-7,9-10,12,16H,2-3,5,8,11H2,1H3,(H,21,22). The van der Waals surface area contributed by atoms with Crippen molar-refractivity contribution in [2.24, 2.45) is 0 Å². The van der Waals surface area contributed by atoms with Crippen molar-refractivity contribution in [2.75, 3.05) is 0 Å². The second kappa shape index (κ2) is 7.63. The Morgan fingerprint density at radius 3 is 2.83 bits per heavy atom. The van der Waals surface area contributed by atoms with Crippen molar-refractivity contribution in [3.8, 4) is 5.75 Å². The second-order valence-electron chi connectivity index (χ2n) is 5.37. The lowest BCUT2D eigenvalue weighted by atomic mass is 10.1. The van der Waals surface area contributed by atoms with E-state index in [0.29, 0.717) is 29.5 Å². The predicted molar refractivity (Wildman–Crippen MR) is 90.0 cm³/mol. The van der Waals surface area contributed by atoms with Crippen molar-refractivity contribution in [2.45, 2.75) is 38.8 Å². The van der Waals surface area contributed by atoms with Crippen LogP contribution >= 0.6 is 0 Å². The molecule has 0 aliphatic heterocycles. The number of fused-ring (bicyclic) bond motifs is 1. The van der Waals surface area contributed by atoms with Gasteiger partial charge in [-0.15, -0.1) is 6.58 Å². The summed E-state index contributed by atoms with van der Waals surface area (Å²) >= 11 is 0. The van der Waals surface area contributed by atoms with E-state index in [4.69, 9.17) is 4.74 Å². The molecule has 122 valence electrons. The minimum Gasteiger partial charge on any atom is -0.479 e. The maximum atomic E-state index is 12.4. The summed E-state index contributed by atoms with van der Waals surface area (Å²) in [4.78, 5) is 23.8. The van der Waals surface area contributed by atoms with E-state index in [1.807, 2.05) is 6.92 Å². The van der Waals surface area contributed by atoms with Crippen molar-refractivity contribution in [3.63, 3.8) is 0 Å². The van der Waals surface area contributed by atoms with Crippen LogP contribution in [0.25, 0.3) is 10.8 Å². The molecule has 1 heterocycles. The number of carboxylic acid groups (broad SMARTS) is 1. The summed E-state index contributed by atoms with van der Waals surface area (Å²) in [7, 11) is 0. The van der Waals surface area contributed by atoms with Gasteiger partial charge in [-0.05, 0) is 31.0 Å². The van der Waals surface area contributed by atoms with Gasteiger partial charge in [0, 0.05) is 18.1 Å². The molecule has 1 aromatic carbocycles. The number of carboxylic acids is 1. The number of aliphatic carboxylic acids is 1. The van der Waals surface area contributed by atoms with Gasteiger partial charge in [0.1, 0.15) is 5.75 Å². The normalized spacial score (nSPS) is 12.0. The largest absolute Gasteiger partial charge is 0.479 e. The third-order valence-corrected chi connectivity index (χ3v) is 3.67. The lowest BCUT2D eigenvalue weighted by molar-refractivity contribution is -0.145. The first-order chi connectivity index (χ1) is 11.1. The van der Waals surface area contributed by atoms with Crippen molar-refractivity contribution in [3.05, 3.63) is 53.5 Å². The SMILES string of the molecule is C=CCn1ccc2c(OC(CCCC)C(=O)O)cccc2c1=O. The molecule has 0 aliphatic carbocycles. The average molecular weight is 315 g/mol. The van der Waals surface area contributed by atoms with E-state index >= 15 is 0 Å². The molecule has 0 bridgehead atoms. The number of hydrogen-bond donors (Lipinski definition) is 1. The third-order valence-electron chi connectivity index (χ3n) is 3.67. The Morgan fingerprint density at radius 1 is 1.39 bits per heavy atom. The van der Waals surface area contributed by atoms with Crippen LogP contribution in [0.2, 0.25) is 0 Å². The van der Waals surface area contributed by atoms with E-state index in [-0.39, 0.29) is 5.56 Å². The van der Waals surface area contributed by atoms with Gasteiger partial charge >= 0.3 is 5.97 Å². The van der Waals surface area contributed by atoms with Crippen LogP contribution in [-0.2, 0) is 11.3 Å². The van der Waals surface area contributed by atoms with E-state index in [1.165, 1.54) is 0 Å². The fourth-order valence-electron chi connectivity index (χ4n) is 2.45. The molecular weight excluding hydrogens is 294 g/mol. The van der Waals surface area contributed by atoms with E-state index in [1.54, 1.807) is 41.1 Å². The molecule has 0 aliphatic rings. The fourth-order valence-corrected chi connectivity index (χ4v) is 2.45. The summed E-state index contributed by atoms with van der Waals surface area (Å²) in [5.41, 5.74) is -0.145. The quantitative estimate of drug-likeness (QED) is 0.760. The number of hydrogen-bond acceptors (Lipinski definition) is 3. The highest BCUT2D eigenvalue weighted by Gasteiger charge is 2.20. The molecule has 0 amide bonds. The van der Waals surface area contributed by atoms with E-state index in [2.05, 4.69) is 6.58 Å². The van der Waals surface area contributed by atoms with E-state index in [0.717, 1.165) is 12.8 Å². The summed E-state index contributed by atoms with van der Waals surface area (Å²) < 4.78 is 7.22. The first-order valence-electron chi connectivity index (χ1n) is 7.71. The van der Waals surface area contributed by atoms with Crippen LogP contribution in [0.3, 0.4) is 0 Å². The lowest BCUT2D eigenvalue weighted by Crippen LogP contribution is -2.27. The van der Waals surface area contributed by atoms with Crippen molar-refractivity contribution in [1.29, 1.82) is 0 Å². The number of pyridine rings is 1. The van der Waals surface area contributed by atoms with Gasteiger partial charge in [0.25, 0.3) is 5.56 Å².